The zero-order chi connectivity index (χ0) is 13.8. The van der Waals surface area contributed by atoms with Crippen molar-refractivity contribution in [3.05, 3.63) is 65.2 Å². The molecule has 0 aliphatic carbocycles. The summed E-state index contributed by atoms with van der Waals surface area (Å²) >= 11 is 0. The summed E-state index contributed by atoms with van der Waals surface area (Å²) in [4.78, 5) is 11.5. The lowest BCUT2D eigenvalue weighted by Crippen LogP contribution is -2.15. The molecule has 0 fully saturated rings. The lowest BCUT2D eigenvalue weighted by Gasteiger charge is -2.15. The summed E-state index contributed by atoms with van der Waals surface area (Å²) in [6, 6.07) is 15.3. The van der Waals surface area contributed by atoms with Crippen molar-refractivity contribution in [2.75, 3.05) is 7.11 Å². The predicted octanol–water partition coefficient (Wildman–Crippen LogP) is 2.95. The van der Waals surface area contributed by atoms with Gasteiger partial charge in [-0.2, -0.15) is 0 Å². The molecule has 0 aliphatic rings. The molecule has 2 aromatic carbocycles. The molecule has 98 valence electrons. The molecule has 0 spiro atoms. The monoisotopic (exact) mass is 255 g/mol. The van der Waals surface area contributed by atoms with E-state index in [-0.39, 0.29) is 5.92 Å². The van der Waals surface area contributed by atoms with Gasteiger partial charge >= 0.3 is 0 Å². The Morgan fingerprint density at radius 1 is 1.11 bits per heavy atom. The van der Waals surface area contributed by atoms with E-state index in [4.69, 9.17) is 10.5 Å². The summed E-state index contributed by atoms with van der Waals surface area (Å²) in [7, 11) is 1.64. The van der Waals surface area contributed by atoms with Crippen LogP contribution in [0.3, 0.4) is 0 Å². The third-order valence-electron chi connectivity index (χ3n) is 3.31. The number of primary amides is 1. The molecule has 0 heterocycles. The maximum absolute atomic E-state index is 11.5. The van der Waals surface area contributed by atoms with Crippen molar-refractivity contribution in [2.45, 2.75) is 12.8 Å². The first-order chi connectivity index (χ1) is 9.13. The van der Waals surface area contributed by atoms with Gasteiger partial charge in [-0.05, 0) is 29.3 Å². The highest BCUT2D eigenvalue weighted by atomic mass is 16.5. The van der Waals surface area contributed by atoms with Gasteiger partial charge in [-0.3, -0.25) is 4.79 Å². The average Bonchev–Trinajstić information content (AvgIpc) is 2.46. The zero-order valence-electron chi connectivity index (χ0n) is 11.1. The Labute approximate surface area is 113 Å². The van der Waals surface area contributed by atoms with Crippen LogP contribution in [0.1, 0.15) is 34.3 Å². The molecule has 0 aromatic heterocycles. The summed E-state index contributed by atoms with van der Waals surface area (Å²) in [6.45, 7) is 2.06. The minimum atomic E-state index is -0.393. The van der Waals surface area contributed by atoms with E-state index < -0.39 is 5.91 Å². The van der Waals surface area contributed by atoms with Crippen LogP contribution in [0.15, 0.2) is 48.5 Å². The second kappa shape index (κ2) is 5.57. The minimum absolute atomic E-state index is 0.106. The molecule has 2 N–H and O–H groups in total. The number of hydrogen-bond acceptors (Lipinski definition) is 2. The number of carbonyl (C=O) groups is 1. The molecule has 3 heteroatoms. The normalized spacial score (nSPS) is 11.9. The van der Waals surface area contributed by atoms with Crippen LogP contribution in [-0.2, 0) is 0 Å². The highest BCUT2D eigenvalue weighted by Gasteiger charge is 2.15. The lowest BCUT2D eigenvalue weighted by molar-refractivity contribution is 0.0999. The van der Waals surface area contributed by atoms with Crippen molar-refractivity contribution >= 4 is 5.91 Å². The van der Waals surface area contributed by atoms with Gasteiger partial charge < -0.3 is 10.5 Å². The van der Waals surface area contributed by atoms with Gasteiger partial charge in [-0.1, -0.05) is 37.3 Å². The van der Waals surface area contributed by atoms with E-state index in [1.165, 1.54) is 0 Å². The van der Waals surface area contributed by atoms with E-state index in [9.17, 15) is 4.79 Å². The summed E-state index contributed by atoms with van der Waals surface area (Å²) in [6.07, 6.45) is 0. The zero-order valence-corrected chi connectivity index (χ0v) is 11.1. The number of benzene rings is 2. The molecule has 0 radical (unpaired) electrons. The number of carbonyl (C=O) groups excluding carboxylic acids is 1. The molecule has 2 aromatic rings. The highest BCUT2D eigenvalue weighted by Crippen LogP contribution is 2.28. The highest BCUT2D eigenvalue weighted by molar-refractivity contribution is 5.94. The largest absolute Gasteiger partial charge is 0.497 e. The fourth-order valence-corrected chi connectivity index (χ4v) is 2.17. The van der Waals surface area contributed by atoms with Gasteiger partial charge in [0.1, 0.15) is 5.75 Å². The molecule has 0 saturated heterocycles. The Morgan fingerprint density at radius 2 is 1.74 bits per heavy atom. The van der Waals surface area contributed by atoms with Crippen LogP contribution < -0.4 is 10.5 Å². The van der Waals surface area contributed by atoms with Crippen molar-refractivity contribution in [2.24, 2.45) is 5.73 Å². The Morgan fingerprint density at radius 3 is 2.32 bits per heavy atom. The van der Waals surface area contributed by atoms with Gasteiger partial charge in [0.2, 0.25) is 5.91 Å². The number of nitrogens with two attached hydrogens (primary N) is 1. The Hall–Kier alpha value is -2.29. The Bertz CT molecular complexity index is 576. The van der Waals surface area contributed by atoms with E-state index in [1.54, 1.807) is 13.2 Å². The summed E-state index contributed by atoms with van der Waals surface area (Å²) in [5, 5.41) is 0. The van der Waals surface area contributed by atoms with Gasteiger partial charge in [0, 0.05) is 11.5 Å². The number of amides is 1. The van der Waals surface area contributed by atoms with Gasteiger partial charge in [0.15, 0.2) is 0 Å². The standard InChI is InChI=1S/C16H17NO2/c1-11(12-7-9-13(19-2)10-8-12)14-5-3-4-6-15(14)16(17)18/h3-11H,1-2H3,(H2,17,18). The molecular weight excluding hydrogens is 238 g/mol. The first kappa shape index (κ1) is 13.1. The summed E-state index contributed by atoms with van der Waals surface area (Å²) in [5.74, 6) is 0.532. The van der Waals surface area contributed by atoms with Crippen molar-refractivity contribution < 1.29 is 9.53 Å². The van der Waals surface area contributed by atoms with Crippen molar-refractivity contribution in [1.29, 1.82) is 0 Å². The number of methoxy groups -OCH3 is 1. The second-order valence-corrected chi connectivity index (χ2v) is 4.45. The molecule has 0 aliphatic heterocycles. The predicted molar refractivity (Wildman–Crippen MR) is 75.5 cm³/mol. The van der Waals surface area contributed by atoms with Crippen molar-refractivity contribution in [3.63, 3.8) is 0 Å². The maximum atomic E-state index is 11.5. The number of ether oxygens (including phenoxy) is 1. The quantitative estimate of drug-likeness (QED) is 0.913. The van der Waals surface area contributed by atoms with E-state index in [1.807, 2.05) is 42.5 Å². The van der Waals surface area contributed by atoms with Crippen LogP contribution in [0.5, 0.6) is 5.75 Å². The lowest BCUT2D eigenvalue weighted by atomic mass is 9.89. The molecule has 3 nitrogen and oxygen atoms in total. The van der Waals surface area contributed by atoms with E-state index in [0.29, 0.717) is 5.56 Å². The first-order valence-corrected chi connectivity index (χ1v) is 6.16. The third-order valence-corrected chi connectivity index (χ3v) is 3.31. The first-order valence-electron chi connectivity index (χ1n) is 6.16. The topological polar surface area (TPSA) is 52.3 Å². The summed E-state index contributed by atoms with van der Waals surface area (Å²) in [5.41, 5.74) is 8.06. The fraction of sp³-hybridized carbons (Fsp3) is 0.188. The molecule has 2 rings (SSSR count). The molecule has 19 heavy (non-hydrogen) atoms. The molecule has 1 unspecified atom stereocenters. The molecule has 0 bridgehead atoms. The minimum Gasteiger partial charge on any atom is -0.497 e. The van der Waals surface area contributed by atoms with Gasteiger partial charge in [-0.25, -0.2) is 0 Å². The Kier molecular flexibility index (Phi) is 3.85. The van der Waals surface area contributed by atoms with Crippen molar-refractivity contribution in [3.8, 4) is 5.75 Å². The maximum Gasteiger partial charge on any atom is 0.248 e. The van der Waals surface area contributed by atoms with Crippen LogP contribution >= 0.6 is 0 Å². The Balaban J connectivity index is 2.37. The number of rotatable bonds is 4. The van der Waals surface area contributed by atoms with E-state index in [0.717, 1.165) is 16.9 Å². The molecule has 1 amide bonds. The van der Waals surface area contributed by atoms with Crippen LogP contribution in [0, 0.1) is 0 Å². The van der Waals surface area contributed by atoms with Crippen molar-refractivity contribution in [1.82, 2.24) is 0 Å². The number of hydrogen-bond donors (Lipinski definition) is 1. The SMILES string of the molecule is COc1ccc(C(C)c2ccccc2C(N)=O)cc1. The molecular formula is C16H17NO2. The third kappa shape index (κ3) is 2.76. The summed E-state index contributed by atoms with van der Waals surface area (Å²) < 4.78 is 5.14. The molecule has 0 saturated carbocycles. The second-order valence-electron chi connectivity index (χ2n) is 4.45. The smallest absolute Gasteiger partial charge is 0.248 e. The van der Waals surface area contributed by atoms with E-state index >= 15 is 0 Å². The van der Waals surface area contributed by atoms with Gasteiger partial charge in [0.25, 0.3) is 0 Å². The fourth-order valence-electron chi connectivity index (χ4n) is 2.17. The average molecular weight is 255 g/mol. The van der Waals surface area contributed by atoms with Crippen LogP contribution in [-0.4, -0.2) is 13.0 Å². The van der Waals surface area contributed by atoms with Crippen LogP contribution in [0.4, 0.5) is 0 Å². The van der Waals surface area contributed by atoms with Gasteiger partial charge in [-0.15, -0.1) is 0 Å². The van der Waals surface area contributed by atoms with Gasteiger partial charge in [0.05, 0.1) is 7.11 Å². The van der Waals surface area contributed by atoms with E-state index in [2.05, 4.69) is 6.92 Å². The van der Waals surface area contributed by atoms with Crippen LogP contribution in [0.25, 0.3) is 0 Å². The van der Waals surface area contributed by atoms with Crippen LogP contribution in [0.2, 0.25) is 0 Å². The molecule has 1 atom stereocenters.